The first-order valence-corrected chi connectivity index (χ1v) is 8.07. The van der Waals surface area contributed by atoms with Crippen LogP contribution in [0, 0.1) is 0 Å². The molecule has 0 spiro atoms. The van der Waals surface area contributed by atoms with Gasteiger partial charge in [-0.25, -0.2) is 0 Å². The quantitative estimate of drug-likeness (QED) is 0.906. The number of nitrogens with one attached hydrogen (secondary N) is 1. The van der Waals surface area contributed by atoms with E-state index in [0.717, 1.165) is 26.2 Å². The third-order valence-electron chi connectivity index (χ3n) is 3.49. The zero-order chi connectivity index (χ0) is 14.8. The smallest absolute Gasteiger partial charge is 0.0801 e. The SMILES string of the molecule is CC(C)NCc1ccc(N2CCOC(C)(C)C2)c(Br)c1. The molecule has 1 heterocycles. The van der Waals surface area contributed by atoms with Gasteiger partial charge < -0.3 is 15.0 Å². The van der Waals surface area contributed by atoms with Crippen molar-refractivity contribution in [1.82, 2.24) is 5.32 Å². The van der Waals surface area contributed by atoms with Crippen LogP contribution in [0.15, 0.2) is 22.7 Å². The number of rotatable bonds is 4. The summed E-state index contributed by atoms with van der Waals surface area (Å²) in [6, 6.07) is 7.14. The number of benzene rings is 1. The maximum absolute atomic E-state index is 5.78. The fourth-order valence-corrected chi connectivity index (χ4v) is 3.14. The summed E-state index contributed by atoms with van der Waals surface area (Å²) in [6.45, 7) is 12.2. The Morgan fingerprint density at radius 3 is 2.75 bits per heavy atom. The zero-order valence-corrected chi connectivity index (χ0v) is 14.5. The summed E-state index contributed by atoms with van der Waals surface area (Å²) < 4.78 is 6.94. The summed E-state index contributed by atoms with van der Waals surface area (Å²) >= 11 is 3.72. The highest BCUT2D eigenvalue weighted by molar-refractivity contribution is 9.10. The molecule has 0 saturated carbocycles. The summed E-state index contributed by atoms with van der Waals surface area (Å²) in [5.74, 6) is 0. The molecular formula is C16H25BrN2O. The molecule has 4 heteroatoms. The highest BCUT2D eigenvalue weighted by Crippen LogP contribution is 2.30. The van der Waals surface area contributed by atoms with Crippen LogP contribution in [0.3, 0.4) is 0 Å². The Morgan fingerprint density at radius 2 is 2.15 bits per heavy atom. The normalized spacial score (nSPS) is 18.6. The summed E-state index contributed by atoms with van der Waals surface area (Å²) in [6.07, 6.45) is 0. The van der Waals surface area contributed by atoms with E-state index in [1.807, 2.05) is 0 Å². The van der Waals surface area contributed by atoms with E-state index in [1.54, 1.807) is 0 Å². The molecule has 20 heavy (non-hydrogen) atoms. The molecular weight excluding hydrogens is 316 g/mol. The van der Waals surface area contributed by atoms with Crippen molar-refractivity contribution in [2.75, 3.05) is 24.6 Å². The molecule has 0 unspecified atom stereocenters. The standard InChI is InChI=1S/C16H25BrN2O/c1-12(2)18-10-13-5-6-15(14(17)9-13)19-7-8-20-16(3,4)11-19/h5-6,9,12,18H,7-8,10-11H2,1-4H3. The van der Waals surface area contributed by atoms with E-state index in [0.29, 0.717) is 6.04 Å². The minimum atomic E-state index is -0.0738. The average Bonchev–Trinajstić information content (AvgIpc) is 2.35. The molecule has 0 radical (unpaired) electrons. The van der Waals surface area contributed by atoms with Gasteiger partial charge in [0, 0.05) is 30.1 Å². The predicted octanol–water partition coefficient (Wildman–Crippen LogP) is 3.56. The van der Waals surface area contributed by atoms with E-state index in [4.69, 9.17) is 4.74 Å². The number of hydrogen-bond acceptors (Lipinski definition) is 3. The zero-order valence-electron chi connectivity index (χ0n) is 12.9. The molecule has 1 aromatic carbocycles. The molecule has 0 aromatic heterocycles. The molecule has 0 amide bonds. The Hall–Kier alpha value is -0.580. The number of ether oxygens (including phenoxy) is 1. The minimum absolute atomic E-state index is 0.0738. The van der Waals surface area contributed by atoms with Gasteiger partial charge in [-0.15, -0.1) is 0 Å². The van der Waals surface area contributed by atoms with E-state index < -0.39 is 0 Å². The lowest BCUT2D eigenvalue weighted by atomic mass is 10.1. The van der Waals surface area contributed by atoms with Gasteiger partial charge >= 0.3 is 0 Å². The van der Waals surface area contributed by atoms with Crippen LogP contribution in [0.25, 0.3) is 0 Å². The van der Waals surface area contributed by atoms with Crippen molar-refractivity contribution in [3.8, 4) is 0 Å². The van der Waals surface area contributed by atoms with Crippen molar-refractivity contribution in [2.45, 2.75) is 45.9 Å². The number of anilines is 1. The van der Waals surface area contributed by atoms with Crippen LogP contribution in [0.4, 0.5) is 5.69 Å². The summed E-state index contributed by atoms with van der Waals surface area (Å²) in [5.41, 5.74) is 2.49. The van der Waals surface area contributed by atoms with Crippen LogP contribution in [0.5, 0.6) is 0 Å². The molecule has 1 N–H and O–H groups in total. The first-order valence-electron chi connectivity index (χ1n) is 7.28. The molecule has 1 fully saturated rings. The number of nitrogens with zero attached hydrogens (tertiary/aromatic N) is 1. The molecule has 1 aromatic rings. The molecule has 1 saturated heterocycles. The predicted molar refractivity (Wildman–Crippen MR) is 88.4 cm³/mol. The van der Waals surface area contributed by atoms with Crippen molar-refractivity contribution in [3.05, 3.63) is 28.2 Å². The van der Waals surface area contributed by atoms with Crippen LogP contribution in [0.1, 0.15) is 33.3 Å². The number of hydrogen-bond donors (Lipinski definition) is 1. The topological polar surface area (TPSA) is 24.5 Å². The molecule has 3 nitrogen and oxygen atoms in total. The Bertz CT molecular complexity index is 460. The van der Waals surface area contributed by atoms with E-state index >= 15 is 0 Å². The van der Waals surface area contributed by atoms with Crippen LogP contribution >= 0.6 is 15.9 Å². The molecule has 0 aliphatic carbocycles. The fourth-order valence-electron chi connectivity index (χ4n) is 2.46. The third kappa shape index (κ3) is 4.21. The summed E-state index contributed by atoms with van der Waals surface area (Å²) in [4.78, 5) is 2.40. The van der Waals surface area contributed by atoms with Gasteiger partial charge in [0.1, 0.15) is 0 Å². The Labute approximate surface area is 130 Å². The van der Waals surface area contributed by atoms with Gasteiger partial charge in [-0.1, -0.05) is 19.9 Å². The Kier molecular flexibility index (Phi) is 5.10. The highest BCUT2D eigenvalue weighted by atomic mass is 79.9. The Morgan fingerprint density at radius 1 is 1.40 bits per heavy atom. The van der Waals surface area contributed by atoms with Crippen LogP contribution in [-0.4, -0.2) is 31.3 Å². The lowest BCUT2D eigenvalue weighted by Gasteiger charge is -2.39. The first-order chi connectivity index (χ1) is 9.37. The van der Waals surface area contributed by atoms with Crippen LogP contribution in [-0.2, 0) is 11.3 Å². The second-order valence-corrected chi connectivity index (χ2v) is 7.21. The minimum Gasteiger partial charge on any atom is -0.372 e. The first kappa shape index (κ1) is 15.8. The largest absolute Gasteiger partial charge is 0.372 e. The fraction of sp³-hybridized carbons (Fsp3) is 0.625. The van der Waals surface area contributed by atoms with Crippen molar-refractivity contribution >= 4 is 21.6 Å². The van der Waals surface area contributed by atoms with Crippen molar-refractivity contribution in [2.24, 2.45) is 0 Å². The van der Waals surface area contributed by atoms with E-state index in [9.17, 15) is 0 Å². The molecule has 1 aliphatic rings. The maximum Gasteiger partial charge on any atom is 0.0801 e. The lowest BCUT2D eigenvalue weighted by Crippen LogP contribution is -2.48. The third-order valence-corrected chi connectivity index (χ3v) is 4.13. The van der Waals surface area contributed by atoms with Crippen LogP contribution < -0.4 is 10.2 Å². The van der Waals surface area contributed by atoms with Crippen LogP contribution in [0.2, 0.25) is 0 Å². The second-order valence-electron chi connectivity index (χ2n) is 6.35. The van der Waals surface area contributed by atoms with E-state index in [-0.39, 0.29) is 5.60 Å². The number of morpholine rings is 1. The number of halogens is 1. The van der Waals surface area contributed by atoms with Gasteiger partial charge in [0.25, 0.3) is 0 Å². The summed E-state index contributed by atoms with van der Waals surface area (Å²) in [5, 5.41) is 3.45. The molecule has 1 aliphatic heterocycles. The molecule has 0 atom stereocenters. The lowest BCUT2D eigenvalue weighted by molar-refractivity contribution is -0.0277. The molecule has 0 bridgehead atoms. The van der Waals surface area contributed by atoms with E-state index in [2.05, 4.69) is 72.0 Å². The van der Waals surface area contributed by atoms with Gasteiger partial charge in [0.2, 0.25) is 0 Å². The second kappa shape index (κ2) is 6.46. The van der Waals surface area contributed by atoms with E-state index in [1.165, 1.54) is 15.7 Å². The maximum atomic E-state index is 5.78. The van der Waals surface area contributed by atoms with Gasteiger partial charge in [0.15, 0.2) is 0 Å². The summed E-state index contributed by atoms with van der Waals surface area (Å²) in [7, 11) is 0. The highest BCUT2D eigenvalue weighted by Gasteiger charge is 2.28. The molecule has 112 valence electrons. The monoisotopic (exact) mass is 340 g/mol. The van der Waals surface area contributed by atoms with Crippen molar-refractivity contribution in [3.63, 3.8) is 0 Å². The Balaban J connectivity index is 2.09. The van der Waals surface area contributed by atoms with Crippen molar-refractivity contribution in [1.29, 1.82) is 0 Å². The average molecular weight is 341 g/mol. The molecule has 2 rings (SSSR count). The van der Waals surface area contributed by atoms with Gasteiger partial charge in [-0.3, -0.25) is 0 Å². The van der Waals surface area contributed by atoms with Gasteiger partial charge in [0.05, 0.1) is 17.9 Å². The van der Waals surface area contributed by atoms with Gasteiger partial charge in [-0.05, 0) is 47.5 Å². The van der Waals surface area contributed by atoms with Crippen molar-refractivity contribution < 1.29 is 4.74 Å². The van der Waals surface area contributed by atoms with Gasteiger partial charge in [-0.2, -0.15) is 0 Å².